The van der Waals surface area contributed by atoms with Gasteiger partial charge in [0.05, 0.1) is 6.04 Å². The summed E-state index contributed by atoms with van der Waals surface area (Å²) in [6.45, 7) is 1.53. The van der Waals surface area contributed by atoms with Crippen LogP contribution in [0.15, 0.2) is 24.5 Å². The van der Waals surface area contributed by atoms with E-state index in [0.717, 1.165) is 32.2 Å². The number of aromatic nitrogens is 1. The fourth-order valence-corrected chi connectivity index (χ4v) is 3.55. The molecular weight excluding hydrogens is 250 g/mol. The topological polar surface area (TPSA) is 59.2 Å². The molecule has 1 saturated heterocycles. The first-order valence-electron chi connectivity index (χ1n) is 7.64. The van der Waals surface area contributed by atoms with E-state index in [-0.39, 0.29) is 17.4 Å². The molecule has 1 aliphatic carbocycles. The first-order valence-corrected chi connectivity index (χ1v) is 7.64. The van der Waals surface area contributed by atoms with E-state index in [2.05, 4.69) is 9.88 Å². The quantitative estimate of drug-likeness (QED) is 0.915. The Balaban J connectivity index is 1.70. The molecule has 2 heterocycles. The third-order valence-corrected chi connectivity index (χ3v) is 5.04. The smallest absolute Gasteiger partial charge is 0.223 e. The molecule has 4 nitrogen and oxygen atoms in total. The van der Waals surface area contributed by atoms with Gasteiger partial charge in [-0.25, -0.2) is 0 Å². The Kier molecular flexibility index (Phi) is 3.74. The minimum absolute atomic E-state index is 0.0997. The van der Waals surface area contributed by atoms with Gasteiger partial charge in [-0.2, -0.15) is 0 Å². The maximum atomic E-state index is 12.7. The van der Waals surface area contributed by atoms with E-state index < -0.39 is 0 Å². The number of nitrogens with two attached hydrogens (primary N) is 1. The van der Waals surface area contributed by atoms with Crippen molar-refractivity contribution in [1.29, 1.82) is 0 Å². The van der Waals surface area contributed by atoms with Gasteiger partial charge in [-0.05, 0) is 55.3 Å². The van der Waals surface area contributed by atoms with Crippen LogP contribution >= 0.6 is 0 Å². The normalized spacial score (nSPS) is 24.4. The second kappa shape index (κ2) is 5.52. The highest BCUT2D eigenvalue weighted by atomic mass is 16.2. The van der Waals surface area contributed by atoms with Gasteiger partial charge in [-0.3, -0.25) is 9.78 Å². The third-order valence-electron chi connectivity index (χ3n) is 5.04. The molecule has 3 rings (SSSR count). The second-order valence-corrected chi connectivity index (χ2v) is 6.26. The van der Waals surface area contributed by atoms with E-state index in [9.17, 15) is 4.79 Å². The number of pyridine rings is 1. The molecule has 20 heavy (non-hydrogen) atoms. The zero-order chi connectivity index (χ0) is 14.0. The zero-order valence-electron chi connectivity index (χ0n) is 11.9. The van der Waals surface area contributed by atoms with E-state index >= 15 is 0 Å². The van der Waals surface area contributed by atoms with Crippen LogP contribution in [0.3, 0.4) is 0 Å². The van der Waals surface area contributed by atoms with E-state index in [1.165, 1.54) is 12.0 Å². The van der Waals surface area contributed by atoms with Crippen LogP contribution < -0.4 is 5.73 Å². The van der Waals surface area contributed by atoms with Crippen LogP contribution in [0.1, 0.15) is 50.1 Å². The lowest BCUT2D eigenvalue weighted by molar-refractivity contribution is -0.136. The molecule has 2 aliphatic rings. The largest absolute Gasteiger partial charge is 0.336 e. The summed E-state index contributed by atoms with van der Waals surface area (Å²) >= 11 is 0. The summed E-state index contributed by atoms with van der Waals surface area (Å²) in [7, 11) is 0. The Morgan fingerprint density at radius 2 is 2.10 bits per heavy atom. The van der Waals surface area contributed by atoms with E-state index in [1.54, 1.807) is 0 Å². The van der Waals surface area contributed by atoms with Gasteiger partial charge < -0.3 is 10.6 Å². The van der Waals surface area contributed by atoms with Crippen LogP contribution in [-0.2, 0) is 4.79 Å². The molecule has 1 unspecified atom stereocenters. The van der Waals surface area contributed by atoms with E-state index in [4.69, 9.17) is 5.73 Å². The SMILES string of the molecule is NCC1(CC(=O)N2CCCC2c2ccncc2)CCC1. The first kappa shape index (κ1) is 13.6. The molecule has 108 valence electrons. The fourth-order valence-electron chi connectivity index (χ4n) is 3.55. The molecule has 1 amide bonds. The second-order valence-electron chi connectivity index (χ2n) is 6.26. The summed E-state index contributed by atoms with van der Waals surface area (Å²) in [4.78, 5) is 18.8. The average Bonchev–Trinajstić information content (AvgIpc) is 2.93. The van der Waals surface area contributed by atoms with Crippen molar-refractivity contribution < 1.29 is 4.79 Å². The molecule has 1 aliphatic heterocycles. The summed E-state index contributed by atoms with van der Waals surface area (Å²) in [6, 6.07) is 4.29. The van der Waals surface area contributed by atoms with Crippen molar-refractivity contribution in [1.82, 2.24) is 9.88 Å². The van der Waals surface area contributed by atoms with Crippen LogP contribution in [-0.4, -0.2) is 28.9 Å². The fraction of sp³-hybridized carbons (Fsp3) is 0.625. The lowest BCUT2D eigenvalue weighted by atomic mass is 9.66. The number of carbonyl (C=O) groups excluding carboxylic acids is 1. The Morgan fingerprint density at radius 3 is 2.70 bits per heavy atom. The summed E-state index contributed by atoms with van der Waals surface area (Å²) in [5, 5.41) is 0. The maximum absolute atomic E-state index is 12.7. The number of hydrogen-bond donors (Lipinski definition) is 1. The Hall–Kier alpha value is -1.42. The Bertz CT molecular complexity index is 464. The monoisotopic (exact) mass is 273 g/mol. The minimum Gasteiger partial charge on any atom is -0.336 e. The number of nitrogens with zero attached hydrogens (tertiary/aromatic N) is 2. The Morgan fingerprint density at radius 1 is 1.35 bits per heavy atom. The molecule has 1 aromatic heterocycles. The van der Waals surface area contributed by atoms with Crippen LogP contribution in [0.25, 0.3) is 0 Å². The predicted molar refractivity (Wildman–Crippen MR) is 77.9 cm³/mol. The van der Waals surface area contributed by atoms with Gasteiger partial charge in [0.25, 0.3) is 0 Å². The van der Waals surface area contributed by atoms with Gasteiger partial charge in [-0.1, -0.05) is 6.42 Å². The summed E-state index contributed by atoms with van der Waals surface area (Å²) in [5.74, 6) is 0.287. The van der Waals surface area contributed by atoms with Crippen LogP contribution in [0.2, 0.25) is 0 Å². The van der Waals surface area contributed by atoms with Crippen LogP contribution in [0, 0.1) is 5.41 Å². The molecule has 0 bridgehead atoms. The standard InChI is InChI=1S/C16H23N3O/c17-12-16(6-2-7-16)11-15(20)19-10-1-3-14(19)13-4-8-18-9-5-13/h4-5,8-9,14H,1-3,6-7,10-12,17H2. The highest BCUT2D eigenvalue weighted by molar-refractivity contribution is 5.78. The van der Waals surface area contributed by atoms with Crippen LogP contribution in [0.4, 0.5) is 0 Å². The molecule has 1 saturated carbocycles. The van der Waals surface area contributed by atoms with Gasteiger partial charge in [0.2, 0.25) is 5.91 Å². The summed E-state index contributed by atoms with van der Waals surface area (Å²) < 4.78 is 0. The highest BCUT2D eigenvalue weighted by Crippen LogP contribution is 2.44. The highest BCUT2D eigenvalue weighted by Gasteiger charge is 2.40. The van der Waals surface area contributed by atoms with E-state index in [0.29, 0.717) is 13.0 Å². The summed E-state index contributed by atoms with van der Waals surface area (Å²) in [6.07, 6.45) is 9.85. The zero-order valence-corrected chi connectivity index (χ0v) is 11.9. The number of amides is 1. The van der Waals surface area contributed by atoms with Crippen molar-refractivity contribution in [3.63, 3.8) is 0 Å². The molecule has 0 aromatic carbocycles. The molecule has 1 aromatic rings. The van der Waals surface area contributed by atoms with Crippen molar-refractivity contribution in [2.45, 2.75) is 44.6 Å². The van der Waals surface area contributed by atoms with Crippen molar-refractivity contribution in [3.05, 3.63) is 30.1 Å². The van der Waals surface area contributed by atoms with Crippen molar-refractivity contribution in [2.24, 2.45) is 11.1 Å². The van der Waals surface area contributed by atoms with Gasteiger partial charge in [-0.15, -0.1) is 0 Å². The molecule has 0 spiro atoms. The molecule has 4 heteroatoms. The molecule has 2 N–H and O–H groups in total. The molecule has 1 atom stereocenters. The van der Waals surface area contributed by atoms with Crippen molar-refractivity contribution >= 4 is 5.91 Å². The number of hydrogen-bond acceptors (Lipinski definition) is 3. The first-order chi connectivity index (χ1) is 9.74. The number of carbonyl (C=O) groups is 1. The maximum Gasteiger partial charge on any atom is 0.223 e. The van der Waals surface area contributed by atoms with Crippen molar-refractivity contribution in [2.75, 3.05) is 13.1 Å². The number of likely N-dealkylation sites (tertiary alicyclic amines) is 1. The lowest BCUT2D eigenvalue weighted by Gasteiger charge is -2.41. The van der Waals surface area contributed by atoms with Gasteiger partial charge >= 0.3 is 0 Å². The minimum atomic E-state index is 0.0997. The predicted octanol–water partition coefficient (Wildman–Crippen LogP) is 2.26. The lowest BCUT2D eigenvalue weighted by Crippen LogP contribution is -2.43. The van der Waals surface area contributed by atoms with Gasteiger partial charge in [0, 0.05) is 25.4 Å². The number of rotatable bonds is 4. The molecule has 0 radical (unpaired) electrons. The van der Waals surface area contributed by atoms with Crippen LogP contribution in [0.5, 0.6) is 0 Å². The summed E-state index contributed by atoms with van der Waals surface area (Å²) in [5.41, 5.74) is 7.19. The average molecular weight is 273 g/mol. The molecular formula is C16H23N3O. The van der Waals surface area contributed by atoms with Gasteiger partial charge in [0.15, 0.2) is 0 Å². The van der Waals surface area contributed by atoms with E-state index in [1.807, 2.05) is 24.5 Å². The van der Waals surface area contributed by atoms with Crippen molar-refractivity contribution in [3.8, 4) is 0 Å². The third kappa shape index (κ3) is 2.44. The Labute approximate surface area is 120 Å². The van der Waals surface area contributed by atoms with Gasteiger partial charge in [0.1, 0.15) is 0 Å². The molecule has 2 fully saturated rings.